The number of ketones is 2. The van der Waals surface area contributed by atoms with Crippen molar-refractivity contribution < 1.29 is 19.1 Å². The minimum atomic E-state index is -0.678. The molecule has 0 spiro atoms. The summed E-state index contributed by atoms with van der Waals surface area (Å²) in [6.07, 6.45) is -0.678. The summed E-state index contributed by atoms with van der Waals surface area (Å²) in [5.74, 6) is -0.414. The van der Waals surface area contributed by atoms with E-state index in [0.717, 1.165) is 0 Å². The normalized spacial score (nSPS) is 12.7. The molecule has 1 N–H and O–H groups in total. The summed E-state index contributed by atoms with van der Waals surface area (Å²) in [6, 6.07) is 8.28. The van der Waals surface area contributed by atoms with Gasteiger partial charge in [-0.15, -0.1) is 0 Å². The van der Waals surface area contributed by atoms with E-state index in [-0.39, 0.29) is 40.9 Å². The van der Waals surface area contributed by atoms with Crippen LogP contribution in [0.5, 0.6) is 0 Å². The van der Waals surface area contributed by atoms with Crippen LogP contribution in [0, 0.1) is 5.92 Å². The predicted molar refractivity (Wildman–Crippen MR) is 105 cm³/mol. The molecule has 0 aliphatic heterocycles. The number of hydrogen-bond acceptors (Lipinski definition) is 4. The van der Waals surface area contributed by atoms with E-state index in [9.17, 15) is 14.4 Å². The number of rotatable bonds is 3. The van der Waals surface area contributed by atoms with E-state index in [1.165, 1.54) is 0 Å². The first-order valence-electron chi connectivity index (χ1n) is 7.95. The molecule has 134 valence electrons. The molecule has 0 atom stereocenters. The summed E-state index contributed by atoms with van der Waals surface area (Å²) in [5, 5.41) is 2.60. The van der Waals surface area contributed by atoms with Crippen molar-refractivity contribution in [2.45, 2.75) is 13.8 Å². The zero-order chi connectivity index (χ0) is 19.0. The SMILES string of the molecule is CC(C)COC(=O)Nc1c(Br)cc(Br)c2c1C(=O)c1ccccc1C2=O. The van der Waals surface area contributed by atoms with Crippen LogP contribution < -0.4 is 5.32 Å². The monoisotopic (exact) mass is 479 g/mol. The minimum absolute atomic E-state index is 0.149. The number of hydrogen-bond donors (Lipinski definition) is 1. The van der Waals surface area contributed by atoms with Crippen LogP contribution in [-0.4, -0.2) is 24.3 Å². The first kappa shape index (κ1) is 18.8. The summed E-state index contributed by atoms with van der Waals surface area (Å²) in [7, 11) is 0. The number of carbonyl (C=O) groups is 3. The highest BCUT2D eigenvalue weighted by Gasteiger charge is 2.35. The van der Waals surface area contributed by atoms with Gasteiger partial charge in [0.2, 0.25) is 0 Å². The third kappa shape index (κ3) is 3.33. The van der Waals surface area contributed by atoms with E-state index in [2.05, 4.69) is 37.2 Å². The standard InChI is InChI=1S/C19H15Br2NO4/c1-9(2)8-26-19(25)22-16-13(21)7-12(20)14-15(16)18(24)11-6-4-3-5-10(11)17(14)23/h3-7,9H,8H2,1-2H3,(H,22,25). The fourth-order valence-electron chi connectivity index (χ4n) is 2.72. The van der Waals surface area contributed by atoms with E-state index >= 15 is 0 Å². The molecule has 3 rings (SSSR count). The molecule has 1 aliphatic carbocycles. The smallest absolute Gasteiger partial charge is 0.411 e. The topological polar surface area (TPSA) is 72.5 Å². The molecule has 7 heteroatoms. The Bertz CT molecular complexity index is 937. The third-order valence-corrected chi connectivity index (χ3v) is 5.13. The lowest BCUT2D eigenvalue weighted by molar-refractivity contribution is 0.0979. The van der Waals surface area contributed by atoms with E-state index in [0.29, 0.717) is 20.1 Å². The molecule has 0 saturated heterocycles. The van der Waals surface area contributed by atoms with E-state index in [4.69, 9.17) is 4.74 Å². The molecule has 0 aromatic heterocycles. The predicted octanol–water partition coefficient (Wildman–Crippen LogP) is 5.19. The summed E-state index contributed by atoms with van der Waals surface area (Å²) in [5.41, 5.74) is 1.27. The van der Waals surface area contributed by atoms with Crippen molar-refractivity contribution in [3.05, 3.63) is 61.5 Å². The fourth-order valence-corrected chi connectivity index (χ4v) is 4.16. The van der Waals surface area contributed by atoms with Crippen molar-refractivity contribution in [1.82, 2.24) is 0 Å². The van der Waals surface area contributed by atoms with Gasteiger partial charge in [0.1, 0.15) is 0 Å². The van der Waals surface area contributed by atoms with Crippen molar-refractivity contribution in [3.8, 4) is 0 Å². The highest BCUT2D eigenvalue weighted by Crippen LogP contribution is 2.40. The van der Waals surface area contributed by atoms with Crippen LogP contribution in [-0.2, 0) is 4.74 Å². The van der Waals surface area contributed by atoms with Gasteiger partial charge < -0.3 is 4.74 Å². The molecule has 1 aliphatic rings. The number of nitrogens with one attached hydrogen (secondary N) is 1. The average molecular weight is 481 g/mol. The highest BCUT2D eigenvalue weighted by molar-refractivity contribution is 9.11. The molecule has 0 fully saturated rings. The lowest BCUT2D eigenvalue weighted by atomic mass is 9.83. The summed E-state index contributed by atoms with van der Waals surface area (Å²) in [4.78, 5) is 38.0. The van der Waals surface area contributed by atoms with Crippen LogP contribution >= 0.6 is 31.9 Å². The molecule has 2 aromatic rings. The Hall–Kier alpha value is -1.99. The molecular formula is C19H15Br2NO4. The molecule has 5 nitrogen and oxygen atoms in total. The number of amides is 1. The number of benzene rings is 2. The molecule has 26 heavy (non-hydrogen) atoms. The highest BCUT2D eigenvalue weighted by atomic mass is 79.9. The van der Waals surface area contributed by atoms with Gasteiger partial charge in [0.15, 0.2) is 11.6 Å². The lowest BCUT2D eigenvalue weighted by Gasteiger charge is -2.22. The Morgan fingerprint density at radius 3 is 2.19 bits per heavy atom. The maximum atomic E-state index is 13.0. The first-order chi connectivity index (χ1) is 12.3. The third-order valence-electron chi connectivity index (χ3n) is 3.88. The van der Waals surface area contributed by atoms with Crippen LogP contribution in [0.25, 0.3) is 0 Å². The summed E-state index contributed by atoms with van der Waals surface area (Å²) in [6.45, 7) is 4.09. The number of fused-ring (bicyclic) bond motifs is 2. The Kier molecular flexibility index (Phi) is 5.29. The summed E-state index contributed by atoms with van der Waals surface area (Å²) < 4.78 is 6.09. The van der Waals surface area contributed by atoms with Gasteiger partial charge in [-0.25, -0.2) is 4.79 Å². The van der Waals surface area contributed by atoms with Gasteiger partial charge in [-0.05, 0) is 43.8 Å². The molecule has 0 heterocycles. The zero-order valence-electron chi connectivity index (χ0n) is 14.1. The second-order valence-corrected chi connectivity index (χ2v) is 8.00. The maximum absolute atomic E-state index is 13.0. The molecule has 0 radical (unpaired) electrons. The number of carbonyl (C=O) groups excluding carboxylic acids is 3. The van der Waals surface area contributed by atoms with Gasteiger partial charge in [-0.3, -0.25) is 14.9 Å². The second kappa shape index (κ2) is 7.32. The Labute approximate surface area is 167 Å². The fraction of sp³-hybridized carbons (Fsp3) is 0.211. The largest absolute Gasteiger partial charge is 0.449 e. The van der Waals surface area contributed by atoms with Crippen LogP contribution in [0.2, 0.25) is 0 Å². The molecule has 1 amide bonds. The molecule has 0 unspecified atom stereocenters. The quantitative estimate of drug-likeness (QED) is 0.559. The Morgan fingerprint density at radius 1 is 1.04 bits per heavy atom. The van der Waals surface area contributed by atoms with Crippen molar-refractivity contribution in [2.24, 2.45) is 5.92 Å². The second-order valence-electron chi connectivity index (χ2n) is 6.29. The van der Waals surface area contributed by atoms with E-state index in [1.807, 2.05) is 13.8 Å². The van der Waals surface area contributed by atoms with Crippen molar-refractivity contribution in [2.75, 3.05) is 11.9 Å². The zero-order valence-corrected chi connectivity index (χ0v) is 17.2. The molecule has 0 saturated carbocycles. The van der Waals surface area contributed by atoms with Crippen LogP contribution in [0.3, 0.4) is 0 Å². The van der Waals surface area contributed by atoms with Crippen molar-refractivity contribution in [1.29, 1.82) is 0 Å². The maximum Gasteiger partial charge on any atom is 0.411 e. The van der Waals surface area contributed by atoms with Gasteiger partial charge in [0.05, 0.1) is 23.4 Å². The van der Waals surface area contributed by atoms with Crippen LogP contribution in [0.15, 0.2) is 39.3 Å². The molecule has 2 aromatic carbocycles. The van der Waals surface area contributed by atoms with Gasteiger partial charge in [-0.2, -0.15) is 0 Å². The number of ether oxygens (including phenoxy) is 1. The van der Waals surface area contributed by atoms with Crippen LogP contribution in [0.4, 0.5) is 10.5 Å². The van der Waals surface area contributed by atoms with Gasteiger partial charge in [-0.1, -0.05) is 38.1 Å². The lowest BCUT2D eigenvalue weighted by Crippen LogP contribution is -2.25. The van der Waals surface area contributed by atoms with E-state index in [1.54, 1.807) is 30.3 Å². The van der Waals surface area contributed by atoms with Crippen molar-refractivity contribution in [3.63, 3.8) is 0 Å². The number of anilines is 1. The van der Waals surface area contributed by atoms with Gasteiger partial charge in [0.25, 0.3) is 0 Å². The summed E-state index contributed by atoms with van der Waals surface area (Å²) >= 11 is 6.71. The van der Waals surface area contributed by atoms with Gasteiger partial charge >= 0.3 is 6.09 Å². The number of halogens is 2. The minimum Gasteiger partial charge on any atom is -0.449 e. The first-order valence-corrected chi connectivity index (χ1v) is 9.54. The van der Waals surface area contributed by atoms with E-state index < -0.39 is 6.09 Å². The van der Waals surface area contributed by atoms with Gasteiger partial charge in [0, 0.05) is 20.1 Å². The average Bonchev–Trinajstić information content (AvgIpc) is 2.60. The Balaban J connectivity index is 2.10. The molecular weight excluding hydrogens is 466 g/mol. The van der Waals surface area contributed by atoms with Crippen molar-refractivity contribution >= 4 is 55.2 Å². The Morgan fingerprint density at radius 2 is 1.62 bits per heavy atom. The van der Waals surface area contributed by atoms with Crippen LogP contribution in [0.1, 0.15) is 45.7 Å². The molecule has 0 bridgehead atoms.